The van der Waals surface area contributed by atoms with Crippen LogP contribution in [-0.4, -0.2) is 18.0 Å². The SMILES string of the molecule is CC(C)OC(=O)CCCC(=O)Oc1cccc(Cl)c1. The molecular formula is C14H17ClO4. The van der Waals surface area contributed by atoms with E-state index >= 15 is 0 Å². The minimum atomic E-state index is -0.389. The van der Waals surface area contributed by atoms with Gasteiger partial charge in [0.15, 0.2) is 0 Å². The lowest BCUT2D eigenvalue weighted by molar-refractivity contribution is -0.147. The zero-order chi connectivity index (χ0) is 14.3. The second kappa shape index (κ2) is 7.79. The fraction of sp³-hybridized carbons (Fsp3) is 0.429. The van der Waals surface area contributed by atoms with Crippen LogP contribution < -0.4 is 4.74 Å². The molecule has 1 aromatic rings. The zero-order valence-electron chi connectivity index (χ0n) is 11.0. The predicted octanol–water partition coefficient (Wildman–Crippen LogP) is 3.37. The summed E-state index contributed by atoms with van der Waals surface area (Å²) < 4.78 is 10.0. The standard InChI is InChI=1S/C14H17ClO4/c1-10(2)18-13(16)7-4-8-14(17)19-12-6-3-5-11(15)9-12/h3,5-6,9-10H,4,7-8H2,1-2H3. The maximum Gasteiger partial charge on any atom is 0.311 e. The number of halogens is 1. The molecule has 1 aromatic carbocycles. The summed E-state index contributed by atoms with van der Waals surface area (Å²) in [4.78, 5) is 22.8. The van der Waals surface area contributed by atoms with Crippen LogP contribution in [-0.2, 0) is 14.3 Å². The molecule has 0 radical (unpaired) electrons. The van der Waals surface area contributed by atoms with Gasteiger partial charge in [-0.3, -0.25) is 9.59 Å². The minimum Gasteiger partial charge on any atom is -0.463 e. The van der Waals surface area contributed by atoms with Crippen molar-refractivity contribution < 1.29 is 19.1 Å². The Labute approximate surface area is 117 Å². The van der Waals surface area contributed by atoms with E-state index in [1.807, 2.05) is 0 Å². The Morgan fingerprint density at radius 2 is 1.89 bits per heavy atom. The molecule has 0 unspecified atom stereocenters. The van der Waals surface area contributed by atoms with Crippen LogP contribution in [0.15, 0.2) is 24.3 Å². The van der Waals surface area contributed by atoms with Crippen LogP contribution in [0, 0.1) is 0 Å². The molecule has 0 aromatic heterocycles. The van der Waals surface area contributed by atoms with Crippen molar-refractivity contribution in [3.8, 4) is 5.75 Å². The topological polar surface area (TPSA) is 52.6 Å². The van der Waals surface area contributed by atoms with Crippen LogP contribution >= 0.6 is 11.6 Å². The third-order valence-electron chi connectivity index (χ3n) is 2.16. The van der Waals surface area contributed by atoms with Crippen LogP contribution in [0.4, 0.5) is 0 Å². The van der Waals surface area contributed by atoms with Crippen molar-refractivity contribution in [3.63, 3.8) is 0 Å². The van der Waals surface area contributed by atoms with Crippen molar-refractivity contribution in [1.29, 1.82) is 0 Å². The molecule has 0 atom stereocenters. The maximum absolute atomic E-state index is 11.5. The van der Waals surface area contributed by atoms with Crippen LogP contribution in [0.3, 0.4) is 0 Å². The maximum atomic E-state index is 11.5. The average molecular weight is 285 g/mol. The Bertz CT molecular complexity index is 443. The van der Waals surface area contributed by atoms with Crippen LogP contribution in [0.5, 0.6) is 5.75 Å². The van der Waals surface area contributed by atoms with Gasteiger partial charge in [0.05, 0.1) is 6.10 Å². The molecule has 104 valence electrons. The first-order valence-electron chi connectivity index (χ1n) is 6.13. The van der Waals surface area contributed by atoms with Gasteiger partial charge < -0.3 is 9.47 Å². The highest BCUT2D eigenvalue weighted by Crippen LogP contribution is 2.17. The summed E-state index contributed by atoms with van der Waals surface area (Å²) >= 11 is 5.77. The minimum absolute atomic E-state index is 0.133. The molecule has 4 nitrogen and oxygen atoms in total. The normalized spacial score (nSPS) is 10.3. The highest BCUT2D eigenvalue weighted by atomic mass is 35.5. The van der Waals surface area contributed by atoms with Gasteiger partial charge in [-0.1, -0.05) is 17.7 Å². The molecule has 0 heterocycles. The molecule has 1 rings (SSSR count). The van der Waals surface area contributed by atoms with Crippen molar-refractivity contribution >= 4 is 23.5 Å². The molecule has 0 bridgehead atoms. The van der Waals surface area contributed by atoms with Crippen molar-refractivity contribution in [3.05, 3.63) is 29.3 Å². The first-order valence-corrected chi connectivity index (χ1v) is 6.51. The number of rotatable bonds is 6. The number of esters is 2. The number of ether oxygens (including phenoxy) is 2. The monoisotopic (exact) mass is 284 g/mol. The Morgan fingerprint density at radius 1 is 1.21 bits per heavy atom. The van der Waals surface area contributed by atoms with Gasteiger partial charge in [0.1, 0.15) is 5.75 Å². The van der Waals surface area contributed by atoms with Gasteiger partial charge in [-0.15, -0.1) is 0 Å². The van der Waals surface area contributed by atoms with Crippen molar-refractivity contribution in [2.75, 3.05) is 0 Å². The highest BCUT2D eigenvalue weighted by molar-refractivity contribution is 6.30. The molecule has 0 aliphatic carbocycles. The van der Waals surface area contributed by atoms with Gasteiger partial charge in [-0.05, 0) is 38.5 Å². The van der Waals surface area contributed by atoms with Crippen molar-refractivity contribution in [2.45, 2.75) is 39.2 Å². The van der Waals surface area contributed by atoms with Gasteiger partial charge in [-0.2, -0.15) is 0 Å². The lowest BCUT2D eigenvalue weighted by atomic mass is 10.2. The second-order valence-electron chi connectivity index (χ2n) is 4.32. The Morgan fingerprint density at radius 3 is 2.53 bits per heavy atom. The predicted molar refractivity (Wildman–Crippen MR) is 72.2 cm³/mol. The molecule has 0 N–H and O–H groups in total. The largest absolute Gasteiger partial charge is 0.463 e. The second-order valence-corrected chi connectivity index (χ2v) is 4.76. The summed E-state index contributed by atoms with van der Waals surface area (Å²) in [6.07, 6.45) is 0.652. The third-order valence-corrected chi connectivity index (χ3v) is 2.39. The van der Waals surface area contributed by atoms with E-state index in [2.05, 4.69) is 0 Å². The Balaban J connectivity index is 2.27. The molecule has 5 heteroatoms. The van der Waals surface area contributed by atoms with E-state index in [4.69, 9.17) is 21.1 Å². The fourth-order valence-corrected chi connectivity index (χ4v) is 1.59. The smallest absolute Gasteiger partial charge is 0.311 e. The van der Waals surface area contributed by atoms with Gasteiger partial charge in [0, 0.05) is 17.9 Å². The van der Waals surface area contributed by atoms with Crippen molar-refractivity contribution in [1.82, 2.24) is 0 Å². The Kier molecular flexibility index (Phi) is 6.36. The Hall–Kier alpha value is -1.55. The summed E-state index contributed by atoms with van der Waals surface area (Å²) in [5, 5.41) is 0.505. The number of carbonyl (C=O) groups excluding carboxylic acids is 2. The summed E-state index contributed by atoms with van der Waals surface area (Å²) in [5.41, 5.74) is 0. The van der Waals surface area contributed by atoms with E-state index in [9.17, 15) is 9.59 Å². The van der Waals surface area contributed by atoms with E-state index < -0.39 is 0 Å². The highest BCUT2D eigenvalue weighted by Gasteiger charge is 2.09. The zero-order valence-corrected chi connectivity index (χ0v) is 11.8. The molecule has 0 aliphatic rings. The molecule has 0 saturated heterocycles. The van der Waals surface area contributed by atoms with Gasteiger partial charge >= 0.3 is 11.9 Å². The van der Waals surface area contributed by atoms with E-state index in [0.29, 0.717) is 17.2 Å². The lowest BCUT2D eigenvalue weighted by Crippen LogP contribution is -2.13. The number of carbonyl (C=O) groups is 2. The average Bonchev–Trinajstić information content (AvgIpc) is 2.27. The summed E-state index contributed by atoms with van der Waals surface area (Å²) in [7, 11) is 0. The van der Waals surface area contributed by atoms with E-state index in [1.54, 1.807) is 38.1 Å². The molecule has 19 heavy (non-hydrogen) atoms. The third kappa shape index (κ3) is 6.82. The number of benzene rings is 1. The fourth-order valence-electron chi connectivity index (χ4n) is 1.41. The lowest BCUT2D eigenvalue weighted by Gasteiger charge is -2.07. The molecular weight excluding hydrogens is 268 g/mol. The van der Waals surface area contributed by atoms with Gasteiger partial charge in [-0.25, -0.2) is 0 Å². The molecule has 0 fully saturated rings. The van der Waals surface area contributed by atoms with Gasteiger partial charge in [0.25, 0.3) is 0 Å². The van der Waals surface area contributed by atoms with Crippen LogP contribution in [0.1, 0.15) is 33.1 Å². The van der Waals surface area contributed by atoms with E-state index in [-0.39, 0.29) is 30.9 Å². The van der Waals surface area contributed by atoms with Crippen LogP contribution in [0.2, 0.25) is 5.02 Å². The van der Waals surface area contributed by atoms with Crippen molar-refractivity contribution in [2.24, 2.45) is 0 Å². The number of hydrogen-bond donors (Lipinski definition) is 0. The van der Waals surface area contributed by atoms with Gasteiger partial charge in [0.2, 0.25) is 0 Å². The molecule has 0 spiro atoms. The van der Waals surface area contributed by atoms with Crippen LogP contribution in [0.25, 0.3) is 0 Å². The molecule has 0 aliphatic heterocycles. The summed E-state index contributed by atoms with van der Waals surface area (Å²) in [6, 6.07) is 6.61. The quantitative estimate of drug-likeness (QED) is 0.594. The summed E-state index contributed by atoms with van der Waals surface area (Å²) in [6.45, 7) is 3.57. The summed E-state index contributed by atoms with van der Waals surface area (Å²) in [5.74, 6) is -0.285. The molecule has 0 saturated carbocycles. The number of hydrogen-bond acceptors (Lipinski definition) is 4. The first-order chi connectivity index (χ1) is 8.97. The molecule has 0 amide bonds. The first kappa shape index (κ1) is 15.5. The van der Waals surface area contributed by atoms with E-state index in [0.717, 1.165) is 0 Å². The van der Waals surface area contributed by atoms with E-state index in [1.165, 1.54) is 0 Å².